The minimum Gasteiger partial charge on any atom is -0.238 e. The van der Waals surface area contributed by atoms with Gasteiger partial charge in [0.2, 0.25) is 0 Å². The van der Waals surface area contributed by atoms with Crippen LogP contribution in [-0.4, -0.2) is 25.1 Å². The van der Waals surface area contributed by atoms with E-state index in [0.717, 1.165) is 17.7 Å². The lowest BCUT2D eigenvalue weighted by Crippen LogP contribution is -2.58. The number of hydrogen-bond acceptors (Lipinski definition) is 2. The fraction of sp³-hybridized carbons (Fsp3) is 0.583. The van der Waals surface area contributed by atoms with Crippen LogP contribution in [0.5, 0.6) is 0 Å². The van der Waals surface area contributed by atoms with E-state index in [2.05, 4.69) is 16.5 Å². The van der Waals surface area contributed by atoms with Gasteiger partial charge < -0.3 is 0 Å². The maximum absolute atomic E-state index is 5.83. The van der Waals surface area contributed by atoms with Crippen LogP contribution in [0.15, 0.2) is 18.3 Å². The van der Waals surface area contributed by atoms with Crippen molar-refractivity contribution >= 4 is 17.3 Å². The number of halogens is 1. The molecule has 0 saturated carbocycles. The number of aromatic nitrogens is 1. The van der Waals surface area contributed by atoms with Crippen molar-refractivity contribution in [3.63, 3.8) is 0 Å². The van der Waals surface area contributed by atoms with Gasteiger partial charge in [-0.1, -0.05) is 11.6 Å². The van der Waals surface area contributed by atoms with Crippen molar-refractivity contribution in [1.29, 1.82) is 0 Å². The third kappa shape index (κ3) is 2.37. The van der Waals surface area contributed by atoms with E-state index in [-0.39, 0.29) is 0 Å². The van der Waals surface area contributed by atoms with E-state index in [1.54, 1.807) is 0 Å². The van der Waals surface area contributed by atoms with Gasteiger partial charge in [-0.05, 0) is 31.7 Å². The molecule has 2 heterocycles. The molecule has 4 heteroatoms. The van der Waals surface area contributed by atoms with Gasteiger partial charge in [0.1, 0.15) is 18.2 Å². The number of nitrogens with zero attached hydrogens (tertiary/aromatic N) is 2. The zero-order valence-corrected chi connectivity index (χ0v) is 10.5. The largest absolute Gasteiger partial charge is 0.238 e. The van der Waals surface area contributed by atoms with Crippen molar-refractivity contribution in [2.45, 2.75) is 25.7 Å². The molecule has 0 aromatic carbocycles. The standard InChI is InChI=1S/C12H19ClN3/c1-14-16(8-4-2-3-5-9-16)11-6-7-12(13)15-10-11/h6-7,10,14H,2-5,8-9H2,1H3/q+1. The summed E-state index contributed by atoms with van der Waals surface area (Å²) in [6.07, 6.45) is 7.10. The topological polar surface area (TPSA) is 24.9 Å². The van der Waals surface area contributed by atoms with Crippen molar-refractivity contribution in [2.24, 2.45) is 0 Å². The first-order valence-electron chi connectivity index (χ1n) is 5.95. The summed E-state index contributed by atoms with van der Waals surface area (Å²) in [4.78, 5) is 4.19. The quantitative estimate of drug-likeness (QED) is 0.635. The van der Waals surface area contributed by atoms with Crippen molar-refractivity contribution in [2.75, 3.05) is 20.1 Å². The molecule has 1 aliphatic heterocycles. The lowest BCUT2D eigenvalue weighted by Gasteiger charge is -2.34. The Hall–Kier alpha value is -0.640. The fourth-order valence-electron chi connectivity index (χ4n) is 2.46. The van der Waals surface area contributed by atoms with Crippen molar-refractivity contribution in [3.8, 4) is 0 Å². The van der Waals surface area contributed by atoms with Crippen molar-refractivity contribution in [1.82, 2.24) is 15.0 Å². The first-order valence-corrected chi connectivity index (χ1v) is 6.33. The Morgan fingerprint density at radius 2 is 1.88 bits per heavy atom. The van der Waals surface area contributed by atoms with E-state index in [1.165, 1.54) is 31.4 Å². The van der Waals surface area contributed by atoms with E-state index in [4.69, 9.17) is 11.6 Å². The highest BCUT2D eigenvalue weighted by Gasteiger charge is 2.30. The van der Waals surface area contributed by atoms with E-state index in [1.807, 2.05) is 19.3 Å². The lowest BCUT2D eigenvalue weighted by molar-refractivity contribution is 0.216. The maximum atomic E-state index is 5.83. The zero-order valence-electron chi connectivity index (χ0n) is 9.75. The minimum atomic E-state index is 0.563. The molecule has 0 bridgehead atoms. The monoisotopic (exact) mass is 240 g/mol. The second-order valence-corrected chi connectivity index (χ2v) is 4.78. The molecule has 0 aliphatic carbocycles. The van der Waals surface area contributed by atoms with Crippen molar-refractivity contribution in [3.05, 3.63) is 23.5 Å². The maximum Gasteiger partial charge on any atom is 0.170 e. The summed E-state index contributed by atoms with van der Waals surface area (Å²) in [7, 11) is 2.03. The van der Waals surface area contributed by atoms with Gasteiger partial charge in [-0.15, -0.1) is 0 Å². The van der Waals surface area contributed by atoms with E-state index in [9.17, 15) is 0 Å². The van der Waals surface area contributed by atoms with E-state index < -0.39 is 0 Å². The number of pyridine rings is 1. The summed E-state index contributed by atoms with van der Waals surface area (Å²) in [6, 6.07) is 3.95. The van der Waals surface area contributed by atoms with Gasteiger partial charge in [0, 0.05) is 13.1 Å². The predicted octanol–water partition coefficient (Wildman–Crippen LogP) is 2.75. The summed E-state index contributed by atoms with van der Waals surface area (Å²) in [5.41, 5.74) is 4.66. The Balaban J connectivity index is 2.28. The van der Waals surface area contributed by atoms with Gasteiger partial charge in [-0.25, -0.2) is 9.58 Å². The van der Waals surface area contributed by atoms with E-state index in [0.29, 0.717) is 5.15 Å². The molecule has 1 aliphatic rings. The third-order valence-electron chi connectivity index (χ3n) is 3.46. The average molecular weight is 241 g/mol. The highest BCUT2D eigenvalue weighted by atomic mass is 35.5. The van der Waals surface area contributed by atoms with E-state index >= 15 is 0 Å². The second kappa shape index (κ2) is 5.13. The summed E-state index contributed by atoms with van der Waals surface area (Å²) in [5, 5.41) is 0.563. The summed E-state index contributed by atoms with van der Waals surface area (Å²) < 4.78 is 0.837. The van der Waals surface area contributed by atoms with Crippen LogP contribution in [0.25, 0.3) is 0 Å². The normalized spacial score (nSPS) is 20.4. The summed E-state index contributed by atoms with van der Waals surface area (Å²) in [5.74, 6) is 0. The molecule has 0 unspecified atom stereocenters. The summed E-state index contributed by atoms with van der Waals surface area (Å²) in [6.45, 7) is 2.28. The van der Waals surface area contributed by atoms with Gasteiger partial charge in [-0.3, -0.25) is 0 Å². The average Bonchev–Trinajstić information content (AvgIpc) is 2.56. The Labute approximate surface area is 102 Å². The molecule has 88 valence electrons. The van der Waals surface area contributed by atoms with Crippen LogP contribution < -0.4 is 10.0 Å². The van der Waals surface area contributed by atoms with Crippen LogP contribution in [-0.2, 0) is 0 Å². The van der Waals surface area contributed by atoms with Crippen LogP contribution >= 0.6 is 11.6 Å². The minimum absolute atomic E-state index is 0.563. The molecule has 1 N–H and O–H groups in total. The van der Waals surface area contributed by atoms with Gasteiger partial charge in [0.15, 0.2) is 5.69 Å². The van der Waals surface area contributed by atoms with Crippen LogP contribution in [0.4, 0.5) is 5.69 Å². The molecule has 1 aromatic rings. The molecule has 1 saturated heterocycles. The van der Waals surface area contributed by atoms with Gasteiger partial charge in [-0.2, -0.15) is 5.43 Å². The Morgan fingerprint density at radius 3 is 2.38 bits per heavy atom. The number of hydrogen-bond donors (Lipinski definition) is 1. The molecule has 2 rings (SSSR count). The van der Waals surface area contributed by atoms with Gasteiger partial charge in [0.25, 0.3) is 0 Å². The molecule has 16 heavy (non-hydrogen) atoms. The first-order chi connectivity index (χ1) is 7.77. The van der Waals surface area contributed by atoms with Crippen LogP contribution in [0.1, 0.15) is 25.7 Å². The molecule has 0 radical (unpaired) electrons. The smallest absolute Gasteiger partial charge is 0.170 e. The molecule has 1 aromatic heterocycles. The zero-order chi connectivity index (χ0) is 11.4. The first kappa shape index (κ1) is 11.8. The van der Waals surface area contributed by atoms with Crippen LogP contribution in [0.3, 0.4) is 0 Å². The van der Waals surface area contributed by atoms with Gasteiger partial charge in [0.05, 0.1) is 6.20 Å². The number of rotatable bonds is 2. The summed E-state index contributed by atoms with van der Waals surface area (Å²) >= 11 is 5.83. The van der Waals surface area contributed by atoms with Crippen LogP contribution in [0.2, 0.25) is 5.15 Å². The Morgan fingerprint density at radius 1 is 1.19 bits per heavy atom. The molecule has 0 spiro atoms. The van der Waals surface area contributed by atoms with Crippen molar-refractivity contribution < 1.29 is 0 Å². The van der Waals surface area contributed by atoms with Gasteiger partial charge >= 0.3 is 0 Å². The molecular weight excluding hydrogens is 222 g/mol. The van der Waals surface area contributed by atoms with Crippen LogP contribution in [0, 0.1) is 0 Å². The number of nitrogens with one attached hydrogen (secondary N) is 1. The Bertz CT molecular complexity index is 329. The highest BCUT2D eigenvalue weighted by molar-refractivity contribution is 6.29. The molecule has 0 atom stereocenters. The molecule has 0 amide bonds. The third-order valence-corrected chi connectivity index (χ3v) is 3.69. The Kier molecular flexibility index (Phi) is 3.79. The lowest BCUT2D eigenvalue weighted by atomic mass is 10.2. The highest BCUT2D eigenvalue weighted by Crippen LogP contribution is 2.25. The molecule has 1 fully saturated rings. The second-order valence-electron chi connectivity index (χ2n) is 4.39. The molecular formula is C12H19ClN3+. The SMILES string of the molecule is CN[N+]1(c2ccc(Cl)nc2)CCCCCC1. The predicted molar refractivity (Wildman–Crippen MR) is 68.3 cm³/mol. The fourth-order valence-corrected chi connectivity index (χ4v) is 2.57. The number of quaternary nitrogens is 1. The molecule has 3 nitrogen and oxygen atoms in total.